The number of ether oxygens (including phenoxy) is 1. The molecule has 3 aromatic heterocycles. The molecule has 0 bridgehead atoms. The van der Waals surface area contributed by atoms with E-state index in [0.717, 1.165) is 38.5 Å². The van der Waals surface area contributed by atoms with Gasteiger partial charge in [0.1, 0.15) is 5.82 Å². The van der Waals surface area contributed by atoms with Crippen LogP contribution in [0.2, 0.25) is 0 Å². The van der Waals surface area contributed by atoms with Crippen LogP contribution in [0.5, 0.6) is 11.5 Å². The van der Waals surface area contributed by atoms with Crippen LogP contribution < -0.4 is 4.74 Å². The maximum absolute atomic E-state index is 7.87. The minimum Gasteiger partial charge on any atom is -0.508 e. The monoisotopic (exact) mass is 677 g/mol. The van der Waals surface area contributed by atoms with Gasteiger partial charge in [-0.3, -0.25) is 0 Å². The average Bonchev–Trinajstić information content (AvgIpc) is 3.47. The summed E-state index contributed by atoms with van der Waals surface area (Å²) in [5.41, 5.74) is 4.92. The number of aryl methyl sites for hydroxylation is 2. The van der Waals surface area contributed by atoms with E-state index in [1.807, 2.05) is 84.7 Å². The Bertz CT molecular complexity index is 2060. The zero-order chi connectivity index (χ0) is 27.4. The fourth-order valence-corrected chi connectivity index (χ4v) is 4.92. The number of hydrogen-bond donors (Lipinski definition) is 0. The fraction of sp³-hybridized carbons (Fsp3) is 0.0625. The molecule has 0 radical (unpaired) electrons. The number of para-hydroxylation sites is 3. The first kappa shape index (κ1) is 20.8. The van der Waals surface area contributed by atoms with E-state index >= 15 is 0 Å². The Balaban J connectivity index is 0.00000302. The average molecular weight is 678 g/mol. The van der Waals surface area contributed by atoms with Crippen LogP contribution in [-0.2, 0) is 28.1 Å². The van der Waals surface area contributed by atoms with Crippen LogP contribution in [0.1, 0.15) is 9.68 Å². The summed E-state index contributed by atoms with van der Waals surface area (Å²) < 4.78 is 36.0. The predicted octanol–water partition coefficient (Wildman–Crippen LogP) is 7.44. The van der Waals surface area contributed by atoms with E-state index in [1.54, 1.807) is 6.07 Å². The van der Waals surface area contributed by atoms with Gasteiger partial charge in [0.25, 0.3) is 0 Å². The smallest absolute Gasteiger partial charge is 0.188 e. The summed E-state index contributed by atoms with van der Waals surface area (Å²) in [5.74, 6) is 1.58. The quantitative estimate of drug-likeness (QED) is 0.182. The van der Waals surface area contributed by atoms with Gasteiger partial charge in [-0.1, -0.05) is 29.8 Å². The molecule has 0 fully saturated rings. The van der Waals surface area contributed by atoms with Crippen LogP contribution in [0.15, 0.2) is 104 Å². The number of hydrogen-bond acceptors (Lipinski definition) is 2. The van der Waals surface area contributed by atoms with Gasteiger partial charge in [-0.25, -0.2) is 14.1 Å². The Kier molecular flexibility index (Phi) is 5.25. The SMILES string of the molecule is [2H]C([2H])([2H])c1ccnc(-n2c3[c-]c(Oc4[c-]c(-n5[cH+]n(C)c6ccccc65)ccc4)ccc3c3ccccc32)c1.[Pt]. The first-order valence-electron chi connectivity index (χ1n) is 13.5. The molecule has 188 valence electrons. The second-order valence-corrected chi connectivity index (χ2v) is 8.93. The minimum absolute atomic E-state index is 0. The molecule has 0 aliphatic heterocycles. The van der Waals surface area contributed by atoms with E-state index in [-0.39, 0.29) is 26.6 Å². The molecule has 0 atom stereocenters. The molecule has 7 rings (SSSR count). The summed E-state index contributed by atoms with van der Waals surface area (Å²) in [5, 5.41) is 1.98. The van der Waals surface area contributed by atoms with E-state index in [0.29, 0.717) is 17.3 Å². The summed E-state index contributed by atoms with van der Waals surface area (Å²) in [4.78, 5) is 4.52. The molecule has 5 nitrogen and oxygen atoms in total. The third-order valence-electron chi connectivity index (χ3n) is 6.57. The van der Waals surface area contributed by atoms with Gasteiger partial charge < -0.3 is 9.30 Å². The van der Waals surface area contributed by atoms with Crippen molar-refractivity contribution in [2.24, 2.45) is 7.05 Å². The molecule has 0 saturated heterocycles. The van der Waals surface area contributed by atoms with Crippen molar-refractivity contribution in [2.75, 3.05) is 0 Å². The summed E-state index contributed by atoms with van der Waals surface area (Å²) in [7, 11) is 2.02. The van der Waals surface area contributed by atoms with Crippen LogP contribution >= 0.6 is 0 Å². The summed E-state index contributed by atoms with van der Waals surface area (Å²) >= 11 is 0. The maximum atomic E-state index is 7.87. The summed E-state index contributed by atoms with van der Waals surface area (Å²) in [6.07, 6.45) is 3.56. The molecular formula is C32H23N4OPt-. The molecule has 0 aliphatic carbocycles. The molecule has 0 N–H and O–H groups in total. The zero-order valence-electron chi connectivity index (χ0n) is 23.3. The predicted molar refractivity (Wildman–Crippen MR) is 148 cm³/mol. The second-order valence-electron chi connectivity index (χ2n) is 8.93. The third-order valence-corrected chi connectivity index (χ3v) is 6.57. The van der Waals surface area contributed by atoms with Gasteiger partial charge in [0.15, 0.2) is 17.4 Å². The molecular weight excluding hydrogens is 651 g/mol. The van der Waals surface area contributed by atoms with Crippen molar-refractivity contribution >= 4 is 32.8 Å². The Labute approximate surface area is 239 Å². The molecule has 0 saturated carbocycles. The van der Waals surface area contributed by atoms with Crippen molar-refractivity contribution in [2.45, 2.75) is 6.85 Å². The molecule has 0 spiro atoms. The number of imidazole rings is 1. The molecule has 38 heavy (non-hydrogen) atoms. The van der Waals surface area contributed by atoms with Gasteiger partial charge in [-0.15, -0.1) is 29.7 Å². The first-order valence-corrected chi connectivity index (χ1v) is 12.0. The molecule has 3 heterocycles. The Hall–Kier alpha value is -4.21. The molecule has 0 amide bonds. The van der Waals surface area contributed by atoms with E-state index in [1.165, 1.54) is 12.3 Å². The largest absolute Gasteiger partial charge is 0.508 e. The summed E-state index contributed by atoms with van der Waals surface area (Å²) in [6.45, 7) is -2.24. The van der Waals surface area contributed by atoms with Crippen molar-refractivity contribution in [3.05, 3.63) is 121 Å². The van der Waals surface area contributed by atoms with Gasteiger partial charge in [-0.05, 0) is 48.1 Å². The number of rotatable bonds is 4. The molecule has 0 aliphatic rings. The van der Waals surface area contributed by atoms with Crippen LogP contribution in [-0.4, -0.2) is 18.7 Å². The summed E-state index contributed by atoms with van der Waals surface area (Å²) in [6, 6.07) is 35.8. The van der Waals surface area contributed by atoms with E-state index < -0.39 is 6.85 Å². The van der Waals surface area contributed by atoms with Crippen LogP contribution in [0.4, 0.5) is 0 Å². The van der Waals surface area contributed by atoms with Crippen molar-refractivity contribution in [1.29, 1.82) is 0 Å². The van der Waals surface area contributed by atoms with Gasteiger partial charge in [0, 0.05) is 73.3 Å². The minimum atomic E-state index is -2.24. The third kappa shape index (κ3) is 4.00. The zero-order valence-corrected chi connectivity index (χ0v) is 22.6. The Morgan fingerprint density at radius 2 is 1.61 bits per heavy atom. The van der Waals surface area contributed by atoms with Crippen LogP contribution in [0, 0.1) is 19.0 Å². The topological polar surface area (TPSA) is 36.9 Å². The van der Waals surface area contributed by atoms with Crippen LogP contribution in [0.3, 0.4) is 0 Å². The van der Waals surface area contributed by atoms with Gasteiger partial charge in [-0.2, -0.15) is 12.1 Å². The number of aromatic nitrogens is 4. The van der Waals surface area contributed by atoms with Gasteiger partial charge in [0.2, 0.25) is 0 Å². The van der Waals surface area contributed by atoms with E-state index in [9.17, 15) is 0 Å². The molecule has 7 aromatic rings. The molecule has 0 unspecified atom stereocenters. The van der Waals surface area contributed by atoms with Crippen molar-refractivity contribution in [3.8, 4) is 23.0 Å². The maximum Gasteiger partial charge on any atom is 0.188 e. The first-order chi connectivity index (χ1) is 19.4. The number of benzene rings is 4. The Morgan fingerprint density at radius 1 is 0.816 bits per heavy atom. The Morgan fingerprint density at radius 3 is 2.47 bits per heavy atom. The van der Waals surface area contributed by atoms with Crippen LogP contribution in [0.25, 0.3) is 44.3 Å². The molecule has 6 heteroatoms. The number of nitrogens with zero attached hydrogens (tertiary/aromatic N) is 4. The van der Waals surface area contributed by atoms with Crippen molar-refractivity contribution < 1.29 is 29.9 Å². The van der Waals surface area contributed by atoms with Gasteiger partial charge in [0.05, 0.1) is 0 Å². The van der Waals surface area contributed by atoms with E-state index in [4.69, 9.17) is 8.85 Å². The van der Waals surface area contributed by atoms with Crippen molar-refractivity contribution in [3.63, 3.8) is 0 Å². The number of fused-ring (bicyclic) bond motifs is 4. The van der Waals surface area contributed by atoms with E-state index in [2.05, 4.69) is 38.4 Å². The normalized spacial score (nSPS) is 12.7. The fourth-order valence-electron chi connectivity index (χ4n) is 4.92. The molecule has 4 aromatic carbocycles. The second kappa shape index (κ2) is 9.59. The number of pyridine rings is 1. The van der Waals surface area contributed by atoms with Gasteiger partial charge >= 0.3 is 0 Å². The van der Waals surface area contributed by atoms with Crippen molar-refractivity contribution in [1.82, 2.24) is 18.7 Å². The standard InChI is InChI=1S/C32H23N4O.Pt/c1-22-16-17-33-32(18-22)36-28-11-4-3-10-26(28)27-15-14-25(20-31(27)36)37-24-9-7-8-23(19-24)35-21-34(2)29-12-5-6-13-30(29)35;/h3-18,21H,1-2H3;/q-1;/i1D3;.